The van der Waals surface area contributed by atoms with E-state index < -0.39 is 0 Å². The van der Waals surface area contributed by atoms with Crippen molar-refractivity contribution >= 4 is 0 Å². The molecule has 5 rings (SSSR count). The molecule has 1 aromatic carbocycles. The van der Waals surface area contributed by atoms with Crippen LogP contribution in [0.25, 0.3) is 0 Å². The van der Waals surface area contributed by atoms with Crippen LogP contribution in [0.5, 0.6) is 0 Å². The molecule has 4 saturated carbocycles. The second-order valence-electron chi connectivity index (χ2n) is 8.30. The molecule has 0 aliphatic heterocycles. The van der Waals surface area contributed by atoms with Crippen molar-refractivity contribution in [1.82, 2.24) is 5.32 Å². The predicted molar refractivity (Wildman–Crippen MR) is 88.2 cm³/mol. The first-order chi connectivity index (χ1) is 10.2. The number of rotatable bonds is 5. The third-order valence-electron chi connectivity index (χ3n) is 6.58. The Hall–Kier alpha value is -0.820. The molecule has 4 bridgehead atoms. The van der Waals surface area contributed by atoms with E-state index in [1.165, 1.54) is 37.7 Å². The van der Waals surface area contributed by atoms with Crippen molar-refractivity contribution in [3.05, 3.63) is 35.9 Å². The first kappa shape index (κ1) is 13.8. The summed E-state index contributed by atoms with van der Waals surface area (Å²) in [5.41, 5.74) is 2.18. The summed E-state index contributed by atoms with van der Waals surface area (Å²) in [5, 5.41) is 3.63. The molecule has 4 fully saturated rings. The molecule has 0 aromatic heterocycles. The van der Waals surface area contributed by atoms with E-state index in [0.29, 0.717) is 11.5 Å². The zero-order valence-electron chi connectivity index (χ0n) is 13.4. The number of hydrogen-bond acceptors (Lipinski definition) is 1. The summed E-state index contributed by atoms with van der Waals surface area (Å²) in [7, 11) is 2.16. The standard InChI is InChI=1S/C20H29N/c1-21-19(10-15-5-3-2-4-6-15)14-20-11-16-7-17(12-20)9-18(8-16)13-20/h2-6,16-19,21H,7-14H2,1H3. The van der Waals surface area contributed by atoms with Crippen molar-refractivity contribution in [2.75, 3.05) is 7.05 Å². The van der Waals surface area contributed by atoms with E-state index in [9.17, 15) is 0 Å². The number of benzene rings is 1. The van der Waals surface area contributed by atoms with Crippen LogP contribution >= 0.6 is 0 Å². The Bertz CT molecular complexity index is 443. The van der Waals surface area contributed by atoms with Crippen LogP contribution in [0.1, 0.15) is 50.5 Å². The lowest BCUT2D eigenvalue weighted by Gasteiger charge is -2.57. The van der Waals surface area contributed by atoms with Gasteiger partial charge in [0.2, 0.25) is 0 Å². The lowest BCUT2D eigenvalue weighted by atomic mass is 9.48. The Morgan fingerprint density at radius 2 is 1.57 bits per heavy atom. The van der Waals surface area contributed by atoms with E-state index in [1.807, 2.05) is 0 Å². The van der Waals surface area contributed by atoms with Gasteiger partial charge in [-0.1, -0.05) is 30.3 Å². The van der Waals surface area contributed by atoms with Crippen LogP contribution in [0.3, 0.4) is 0 Å². The lowest BCUT2D eigenvalue weighted by molar-refractivity contribution is -0.0616. The average molecular weight is 283 g/mol. The summed E-state index contributed by atoms with van der Waals surface area (Å²) in [5.74, 6) is 3.22. The van der Waals surface area contributed by atoms with E-state index >= 15 is 0 Å². The zero-order valence-corrected chi connectivity index (χ0v) is 13.4. The molecule has 1 unspecified atom stereocenters. The first-order valence-corrected chi connectivity index (χ1v) is 8.96. The van der Waals surface area contributed by atoms with Gasteiger partial charge in [0.25, 0.3) is 0 Å². The molecule has 1 heteroatoms. The molecule has 0 amide bonds. The summed E-state index contributed by atoms with van der Waals surface area (Å²) < 4.78 is 0. The maximum atomic E-state index is 3.63. The molecule has 0 radical (unpaired) electrons. The summed E-state index contributed by atoms with van der Waals surface area (Å²) >= 11 is 0. The van der Waals surface area contributed by atoms with E-state index in [2.05, 4.69) is 42.7 Å². The largest absolute Gasteiger partial charge is 0.317 e. The number of likely N-dealkylation sites (N-methyl/N-ethyl adjacent to an activating group) is 1. The lowest BCUT2D eigenvalue weighted by Crippen LogP contribution is -2.48. The molecule has 1 aromatic rings. The topological polar surface area (TPSA) is 12.0 Å². The van der Waals surface area contributed by atoms with Crippen molar-refractivity contribution in [1.29, 1.82) is 0 Å². The van der Waals surface area contributed by atoms with Gasteiger partial charge in [-0.05, 0) is 87.1 Å². The second kappa shape index (κ2) is 5.43. The maximum Gasteiger partial charge on any atom is 0.0110 e. The van der Waals surface area contributed by atoms with Crippen LogP contribution in [-0.4, -0.2) is 13.1 Å². The molecular formula is C20H29N. The van der Waals surface area contributed by atoms with E-state index in [1.54, 1.807) is 19.3 Å². The van der Waals surface area contributed by atoms with Crippen LogP contribution in [0, 0.1) is 23.2 Å². The van der Waals surface area contributed by atoms with Crippen LogP contribution in [0.15, 0.2) is 30.3 Å². The van der Waals surface area contributed by atoms with Crippen LogP contribution < -0.4 is 5.32 Å². The molecule has 1 nitrogen and oxygen atoms in total. The Morgan fingerprint density at radius 1 is 1.00 bits per heavy atom. The average Bonchev–Trinajstić information content (AvgIpc) is 2.46. The zero-order chi connectivity index (χ0) is 14.3. The van der Waals surface area contributed by atoms with Crippen molar-refractivity contribution in [2.45, 2.75) is 57.4 Å². The number of nitrogens with one attached hydrogen (secondary N) is 1. The normalized spacial score (nSPS) is 38.6. The Kier molecular flexibility index (Phi) is 3.57. The quantitative estimate of drug-likeness (QED) is 0.843. The highest BCUT2D eigenvalue weighted by Gasteiger charge is 2.51. The van der Waals surface area contributed by atoms with Gasteiger partial charge in [0.15, 0.2) is 0 Å². The fraction of sp³-hybridized carbons (Fsp3) is 0.700. The number of hydrogen-bond donors (Lipinski definition) is 1. The SMILES string of the molecule is CNC(Cc1ccccc1)CC12CC3CC(CC(C3)C1)C2. The molecule has 4 aliphatic carbocycles. The van der Waals surface area contributed by atoms with Crippen LogP contribution in [-0.2, 0) is 6.42 Å². The van der Waals surface area contributed by atoms with E-state index in [0.717, 1.165) is 17.8 Å². The predicted octanol–water partition coefficient (Wildman–Crippen LogP) is 4.42. The summed E-state index contributed by atoms with van der Waals surface area (Å²) in [6.07, 6.45) is 11.9. The smallest absolute Gasteiger partial charge is 0.0110 e. The highest BCUT2D eigenvalue weighted by atomic mass is 14.9. The second-order valence-corrected chi connectivity index (χ2v) is 8.30. The molecular weight excluding hydrogens is 254 g/mol. The minimum absolute atomic E-state index is 0.656. The minimum Gasteiger partial charge on any atom is -0.317 e. The van der Waals surface area contributed by atoms with Gasteiger partial charge in [-0.3, -0.25) is 0 Å². The van der Waals surface area contributed by atoms with Gasteiger partial charge in [0.05, 0.1) is 0 Å². The van der Waals surface area contributed by atoms with Gasteiger partial charge in [-0.2, -0.15) is 0 Å². The highest BCUT2D eigenvalue weighted by Crippen LogP contribution is 2.61. The van der Waals surface area contributed by atoms with Crippen LogP contribution in [0.4, 0.5) is 0 Å². The van der Waals surface area contributed by atoms with Gasteiger partial charge in [-0.15, -0.1) is 0 Å². The Morgan fingerprint density at radius 3 is 2.10 bits per heavy atom. The van der Waals surface area contributed by atoms with Crippen LogP contribution in [0.2, 0.25) is 0 Å². The van der Waals surface area contributed by atoms with Gasteiger partial charge in [0.1, 0.15) is 0 Å². The third-order valence-corrected chi connectivity index (χ3v) is 6.58. The molecule has 0 saturated heterocycles. The first-order valence-electron chi connectivity index (χ1n) is 8.96. The molecule has 4 aliphatic rings. The van der Waals surface area contributed by atoms with Crippen molar-refractivity contribution < 1.29 is 0 Å². The Balaban J connectivity index is 1.46. The van der Waals surface area contributed by atoms with Gasteiger partial charge < -0.3 is 5.32 Å². The summed E-state index contributed by atoms with van der Waals surface area (Å²) in [4.78, 5) is 0. The van der Waals surface area contributed by atoms with Crippen molar-refractivity contribution in [3.63, 3.8) is 0 Å². The Labute approximate surface area is 129 Å². The van der Waals surface area contributed by atoms with E-state index in [4.69, 9.17) is 0 Å². The minimum atomic E-state index is 0.656. The van der Waals surface area contributed by atoms with Gasteiger partial charge in [-0.25, -0.2) is 0 Å². The molecule has 0 heterocycles. The molecule has 21 heavy (non-hydrogen) atoms. The van der Waals surface area contributed by atoms with Gasteiger partial charge >= 0.3 is 0 Å². The summed E-state index contributed by atoms with van der Waals surface area (Å²) in [6.45, 7) is 0. The van der Waals surface area contributed by atoms with E-state index in [-0.39, 0.29) is 0 Å². The van der Waals surface area contributed by atoms with Gasteiger partial charge in [0, 0.05) is 6.04 Å². The molecule has 1 N–H and O–H groups in total. The summed E-state index contributed by atoms with van der Waals surface area (Å²) in [6, 6.07) is 11.7. The fourth-order valence-electron chi connectivity index (χ4n) is 6.24. The molecule has 114 valence electrons. The fourth-order valence-corrected chi connectivity index (χ4v) is 6.24. The maximum absolute atomic E-state index is 3.63. The van der Waals surface area contributed by atoms with Crippen molar-refractivity contribution in [3.8, 4) is 0 Å². The monoisotopic (exact) mass is 283 g/mol. The molecule has 0 spiro atoms. The van der Waals surface area contributed by atoms with Crippen molar-refractivity contribution in [2.24, 2.45) is 23.2 Å². The third kappa shape index (κ3) is 2.77. The molecule has 1 atom stereocenters. The highest BCUT2D eigenvalue weighted by molar-refractivity contribution is 5.16.